The van der Waals surface area contributed by atoms with Gasteiger partial charge < -0.3 is 38.7 Å². The summed E-state index contributed by atoms with van der Waals surface area (Å²) >= 11 is 0. The fraction of sp³-hybridized carbons (Fsp3) is 0. The molecule has 0 unspecified atom stereocenters. The van der Waals surface area contributed by atoms with Gasteiger partial charge in [-0.1, -0.05) is 60.7 Å². The van der Waals surface area contributed by atoms with Crippen molar-refractivity contribution in [3.05, 3.63) is 108 Å². The quantitative estimate of drug-likeness (QED) is 0.0529. The van der Waals surface area contributed by atoms with Crippen molar-refractivity contribution in [2.45, 2.75) is 9.79 Å². The molecule has 0 fully saturated rings. The average molecular weight is 781 g/mol. The summed E-state index contributed by atoms with van der Waals surface area (Å²) in [4.78, 5) is 23.4. The fourth-order valence-corrected chi connectivity index (χ4v) is 6.09. The Morgan fingerprint density at radius 1 is 0.566 bits per heavy atom. The van der Waals surface area contributed by atoms with Gasteiger partial charge in [-0.15, -0.1) is 0 Å². The number of nitrogen functional groups attached to an aromatic ring is 2. The fourth-order valence-electron chi connectivity index (χ4n) is 4.69. The SMILES string of the molecule is Nc1nc(Nc2ccccc2)nc(Nc2ccc(C=Cc3ccc(Nc4nc(N)nc(Nc5ccccc5)n4)cc3S(=O)(=O)O)c(S(=O)(=O)[O-])c2)n1.[H+].[H-].[K+]. The normalized spacial score (nSPS) is 11.4. The van der Waals surface area contributed by atoms with Crippen LogP contribution in [0.3, 0.4) is 0 Å². The first kappa shape index (κ1) is 39.1. The van der Waals surface area contributed by atoms with Gasteiger partial charge in [0, 0.05) is 22.7 Å². The second kappa shape index (κ2) is 16.7. The molecule has 0 aliphatic carbocycles. The number of nitrogens with one attached hydrogen (secondary N) is 4. The minimum atomic E-state index is -5.06. The third-order valence-corrected chi connectivity index (χ3v) is 8.70. The predicted molar refractivity (Wildman–Crippen MR) is 196 cm³/mol. The van der Waals surface area contributed by atoms with E-state index in [1.807, 2.05) is 24.3 Å². The number of anilines is 10. The second-order valence-electron chi connectivity index (χ2n) is 10.7. The zero-order chi connectivity index (χ0) is 36.9. The molecule has 0 saturated carbocycles. The Morgan fingerprint density at radius 3 is 1.30 bits per heavy atom. The Hall–Kier alpha value is -5.10. The van der Waals surface area contributed by atoms with Crippen LogP contribution in [0.15, 0.2) is 107 Å². The summed E-state index contributed by atoms with van der Waals surface area (Å²) < 4.78 is 71.8. The van der Waals surface area contributed by atoms with Gasteiger partial charge in [-0.3, -0.25) is 4.55 Å². The van der Waals surface area contributed by atoms with Crippen LogP contribution in [0.5, 0.6) is 0 Å². The number of nitrogens with zero attached hydrogens (tertiary/aromatic N) is 6. The Morgan fingerprint density at radius 2 is 0.925 bits per heavy atom. The van der Waals surface area contributed by atoms with E-state index in [-0.39, 0.29) is 112 Å². The van der Waals surface area contributed by atoms with Crippen molar-refractivity contribution < 1.29 is 80.2 Å². The van der Waals surface area contributed by atoms with Gasteiger partial charge in [0.1, 0.15) is 15.0 Å². The molecular weight excluding hydrogens is 752 g/mol. The zero-order valence-corrected chi connectivity index (χ0v) is 32.3. The summed E-state index contributed by atoms with van der Waals surface area (Å²) in [5.41, 5.74) is 13.2. The number of hydrogen-bond acceptors (Lipinski definition) is 17. The van der Waals surface area contributed by atoms with Crippen LogP contribution in [-0.2, 0) is 20.2 Å². The predicted octanol–water partition coefficient (Wildman–Crippen LogP) is 1.75. The van der Waals surface area contributed by atoms with Crippen LogP contribution in [-0.4, -0.2) is 55.8 Å². The summed E-state index contributed by atoms with van der Waals surface area (Å²) in [7, 11) is -9.88. The Kier molecular flexibility index (Phi) is 12.3. The molecule has 6 rings (SSSR count). The first-order valence-electron chi connectivity index (χ1n) is 14.9. The smallest absolute Gasteiger partial charge is 1.00 e. The maximum absolute atomic E-state index is 12.4. The van der Waals surface area contributed by atoms with E-state index < -0.39 is 30.0 Å². The van der Waals surface area contributed by atoms with Crippen LogP contribution in [0.25, 0.3) is 12.2 Å². The molecule has 266 valence electrons. The third-order valence-electron chi connectivity index (χ3n) is 6.89. The molecular formula is C32H29KN12O6S2. The summed E-state index contributed by atoms with van der Waals surface area (Å²) in [5.74, 6) is -0.112. The molecule has 0 bridgehead atoms. The number of aromatic nitrogens is 6. The van der Waals surface area contributed by atoms with Gasteiger partial charge in [0.05, 0.1) is 4.90 Å². The summed E-state index contributed by atoms with van der Waals surface area (Å²) in [6, 6.07) is 25.7. The van der Waals surface area contributed by atoms with E-state index in [2.05, 4.69) is 51.2 Å². The van der Waals surface area contributed by atoms with Crippen molar-refractivity contribution in [2.75, 3.05) is 32.7 Å². The molecule has 0 spiro atoms. The molecule has 21 heteroatoms. The third kappa shape index (κ3) is 10.7. The Labute approximate surface area is 348 Å². The van der Waals surface area contributed by atoms with Crippen LogP contribution in [0, 0.1) is 0 Å². The van der Waals surface area contributed by atoms with E-state index in [1.54, 1.807) is 36.4 Å². The van der Waals surface area contributed by atoms with Gasteiger partial charge in [0.15, 0.2) is 0 Å². The molecule has 18 nitrogen and oxygen atoms in total. The number of hydrogen-bond donors (Lipinski definition) is 7. The Balaban J connectivity index is 0.00000271. The van der Waals surface area contributed by atoms with Gasteiger partial charge in [-0.2, -0.15) is 38.3 Å². The van der Waals surface area contributed by atoms with Crippen LogP contribution >= 0.6 is 0 Å². The first-order chi connectivity index (χ1) is 24.8. The maximum atomic E-state index is 12.4. The van der Waals surface area contributed by atoms with Crippen molar-refractivity contribution in [1.82, 2.24) is 29.9 Å². The molecule has 0 aliphatic heterocycles. The molecule has 9 N–H and O–H groups in total. The van der Waals surface area contributed by atoms with Crippen molar-refractivity contribution in [2.24, 2.45) is 0 Å². The number of rotatable bonds is 12. The number of para-hydroxylation sites is 2. The molecule has 0 amide bonds. The number of benzene rings is 4. The summed E-state index contributed by atoms with van der Waals surface area (Å²) in [5, 5.41) is 11.6. The van der Waals surface area contributed by atoms with Crippen LogP contribution in [0.2, 0.25) is 0 Å². The minimum Gasteiger partial charge on any atom is -1.00 e. The average Bonchev–Trinajstić information content (AvgIpc) is 3.07. The van der Waals surface area contributed by atoms with Crippen molar-refractivity contribution in [3.63, 3.8) is 0 Å². The monoisotopic (exact) mass is 780 g/mol. The molecule has 53 heavy (non-hydrogen) atoms. The standard InChI is InChI=1S/C32H28N12O6S2.K.H/c33-27-39-29(35-21-7-3-1-4-8-21)43-31(41-27)37-23-15-13-19(25(17-23)51(45,46)47)11-12-20-14-16-24(18-26(20)52(48,49)50)38-32-42-28(34)40-30(44-32)36-22-9-5-2-6-10-22;;/h1-18H,(H,45,46,47)(H,48,49,50)(H4,33,35,37,39,41,43)(H4,34,36,38,40,42,44);;/q;+1;-1. The number of nitrogens with two attached hydrogens (primary N) is 2. The molecule has 2 aromatic heterocycles. The van der Waals surface area contributed by atoms with Gasteiger partial charge in [0.25, 0.3) is 10.1 Å². The van der Waals surface area contributed by atoms with Crippen molar-refractivity contribution in [3.8, 4) is 0 Å². The Bertz CT molecular complexity index is 2350. The van der Waals surface area contributed by atoms with E-state index in [0.29, 0.717) is 11.4 Å². The minimum absolute atomic E-state index is 0. The van der Waals surface area contributed by atoms with E-state index in [4.69, 9.17) is 11.5 Å². The van der Waals surface area contributed by atoms with Gasteiger partial charge >= 0.3 is 52.8 Å². The van der Waals surface area contributed by atoms with Crippen molar-refractivity contribution in [1.29, 1.82) is 0 Å². The second-order valence-corrected chi connectivity index (χ2v) is 13.4. The molecule has 6 aromatic rings. The summed E-state index contributed by atoms with van der Waals surface area (Å²) in [6.07, 6.45) is 2.43. The van der Waals surface area contributed by atoms with Gasteiger partial charge in [-0.05, 0) is 59.7 Å². The van der Waals surface area contributed by atoms with Gasteiger partial charge in [0.2, 0.25) is 35.7 Å². The molecule has 4 aromatic carbocycles. The summed E-state index contributed by atoms with van der Waals surface area (Å²) in [6.45, 7) is 0. The topological polar surface area (TPSA) is 289 Å². The van der Waals surface area contributed by atoms with E-state index in [9.17, 15) is 25.9 Å². The zero-order valence-electron chi connectivity index (χ0n) is 29.5. The molecule has 2 heterocycles. The van der Waals surface area contributed by atoms with Gasteiger partial charge in [-0.25, -0.2) is 8.42 Å². The van der Waals surface area contributed by atoms with E-state index in [1.165, 1.54) is 36.4 Å². The maximum Gasteiger partial charge on any atom is 1.00 e. The van der Waals surface area contributed by atoms with E-state index >= 15 is 0 Å². The molecule has 0 atom stereocenters. The van der Waals surface area contributed by atoms with Crippen LogP contribution < -0.4 is 84.1 Å². The van der Waals surface area contributed by atoms with Crippen LogP contribution in [0.1, 0.15) is 14.0 Å². The van der Waals surface area contributed by atoms with E-state index in [0.717, 1.165) is 12.1 Å². The molecule has 0 radical (unpaired) electrons. The first-order valence-corrected chi connectivity index (χ1v) is 17.7. The molecule has 0 aliphatic rings. The largest absolute Gasteiger partial charge is 1.00 e. The molecule has 0 saturated heterocycles. The van der Waals surface area contributed by atoms with Crippen LogP contribution in [0.4, 0.5) is 58.4 Å². The van der Waals surface area contributed by atoms with Crippen molar-refractivity contribution >= 4 is 90.8 Å².